The Morgan fingerprint density at radius 3 is 2.41 bits per heavy atom. The van der Waals surface area contributed by atoms with E-state index in [0.29, 0.717) is 29.3 Å². The highest BCUT2D eigenvalue weighted by Gasteiger charge is 2.18. The summed E-state index contributed by atoms with van der Waals surface area (Å²) < 4.78 is 15.0. The zero-order valence-corrected chi connectivity index (χ0v) is 18.2. The number of nitrogens with one attached hydrogen (secondary N) is 1. The smallest absolute Gasteiger partial charge is 0.263 e. The molecule has 0 aliphatic carbocycles. The van der Waals surface area contributed by atoms with Gasteiger partial charge in [-0.05, 0) is 60.7 Å². The lowest BCUT2D eigenvalue weighted by Crippen LogP contribution is -2.25. The molecule has 0 saturated carbocycles. The van der Waals surface area contributed by atoms with E-state index in [2.05, 4.69) is 35.4 Å². The molecule has 0 radical (unpaired) electrons. The molecule has 1 N–H and O–H groups in total. The van der Waals surface area contributed by atoms with E-state index in [4.69, 9.17) is 4.98 Å². The molecule has 0 fully saturated rings. The van der Waals surface area contributed by atoms with Crippen molar-refractivity contribution < 1.29 is 4.39 Å². The van der Waals surface area contributed by atoms with Crippen LogP contribution >= 0.6 is 0 Å². The average Bonchev–Trinajstić information content (AvgIpc) is 2.81. The summed E-state index contributed by atoms with van der Waals surface area (Å²) in [6, 6.07) is 17.9. The van der Waals surface area contributed by atoms with Gasteiger partial charge in [0.05, 0.1) is 11.3 Å². The summed E-state index contributed by atoms with van der Waals surface area (Å²) in [6.07, 6.45) is 5.18. The highest BCUT2D eigenvalue weighted by atomic mass is 19.1. The van der Waals surface area contributed by atoms with Crippen molar-refractivity contribution in [1.82, 2.24) is 14.5 Å². The van der Waals surface area contributed by atoms with Crippen molar-refractivity contribution in [3.63, 3.8) is 0 Å². The van der Waals surface area contributed by atoms with Gasteiger partial charge in [-0.2, -0.15) is 0 Å². The van der Waals surface area contributed by atoms with Crippen molar-refractivity contribution in [2.24, 2.45) is 7.05 Å². The van der Waals surface area contributed by atoms with E-state index in [-0.39, 0.29) is 11.4 Å². The van der Waals surface area contributed by atoms with Crippen LogP contribution in [0.25, 0.3) is 22.4 Å². The minimum Gasteiger partial charge on any atom is -0.356 e. The second-order valence-corrected chi connectivity index (χ2v) is 7.72. The van der Waals surface area contributed by atoms with E-state index in [1.165, 1.54) is 27.8 Å². The Balaban J connectivity index is 1.65. The Bertz CT molecular complexity index is 1270. The predicted molar refractivity (Wildman–Crippen MR) is 126 cm³/mol. The Hall–Kier alpha value is -3.80. The van der Waals surface area contributed by atoms with Crippen molar-refractivity contribution in [1.29, 1.82) is 0 Å². The van der Waals surface area contributed by atoms with E-state index in [0.717, 1.165) is 18.4 Å². The van der Waals surface area contributed by atoms with Crippen LogP contribution in [0.15, 0.2) is 77.9 Å². The molecule has 0 unspecified atom stereocenters. The first-order chi connectivity index (χ1) is 15.5. The molecular weight excluding hydrogens is 403 g/mol. The molecule has 4 aromatic rings. The number of benzene rings is 2. The molecule has 0 saturated heterocycles. The summed E-state index contributed by atoms with van der Waals surface area (Å²) in [5, 5.41) is 3.32. The molecule has 4 rings (SSSR count). The summed E-state index contributed by atoms with van der Waals surface area (Å²) in [5.74, 6) is 0.147. The first kappa shape index (κ1) is 21.4. The fourth-order valence-electron chi connectivity index (χ4n) is 3.73. The van der Waals surface area contributed by atoms with Crippen LogP contribution in [-0.2, 0) is 13.5 Å². The van der Waals surface area contributed by atoms with Gasteiger partial charge in [-0.1, -0.05) is 36.4 Å². The van der Waals surface area contributed by atoms with E-state index < -0.39 is 0 Å². The van der Waals surface area contributed by atoms with Gasteiger partial charge in [0.2, 0.25) is 5.95 Å². The lowest BCUT2D eigenvalue weighted by Gasteiger charge is -2.16. The third kappa shape index (κ3) is 4.59. The zero-order valence-electron chi connectivity index (χ0n) is 18.2. The fraction of sp³-hybridized carbons (Fsp3) is 0.192. The van der Waals surface area contributed by atoms with Crippen molar-refractivity contribution in [2.45, 2.75) is 19.8 Å². The van der Waals surface area contributed by atoms with Crippen LogP contribution in [0, 0.1) is 12.7 Å². The van der Waals surface area contributed by atoms with Crippen molar-refractivity contribution in [3.05, 3.63) is 100 Å². The number of hydrogen-bond donors (Lipinski definition) is 1. The quantitative estimate of drug-likeness (QED) is 0.421. The number of nitrogens with zero attached hydrogens (tertiary/aromatic N) is 3. The van der Waals surface area contributed by atoms with Gasteiger partial charge in [-0.3, -0.25) is 14.3 Å². The lowest BCUT2D eigenvalue weighted by molar-refractivity contribution is 0.628. The van der Waals surface area contributed by atoms with Gasteiger partial charge in [0.25, 0.3) is 5.56 Å². The summed E-state index contributed by atoms with van der Waals surface area (Å²) in [5.41, 5.74) is 4.78. The lowest BCUT2D eigenvalue weighted by atomic mass is 10.0. The van der Waals surface area contributed by atoms with E-state index in [1.54, 1.807) is 31.6 Å². The standard InChI is InChI=1S/C26H25FN4O/c1-18-6-3-4-7-19(18)8-5-15-29-26-30-24(21-13-16-28-17-14-21)23(25(32)31(26)2)20-9-11-22(27)12-10-20/h3-4,6-7,9-14,16-17H,5,8,15H2,1-2H3,(H,29,30). The second-order valence-electron chi connectivity index (χ2n) is 7.72. The summed E-state index contributed by atoms with van der Waals surface area (Å²) in [4.78, 5) is 22.2. The van der Waals surface area contributed by atoms with Gasteiger partial charge in [-0.15, -0.1) is 0 Å². The Morgan fingerprint density at radius 2 is 1.69 bits per heavy atom. The molecule has 0 bridgehead atoms. The maximum atomic E-state index is 13.5. The van der Waals surface area contributed by atoms with Gasteiger partial charge >= 0.3 is 0 Å². The molecule has 6 heteroatoms. The first-order valence-electron chi connectivity index (χ1n) is 10.6. The molecule has 32 heavy (non-hydrogen) atoms. The molecule has 0 amide bonds. The van der Waals surface area contributed by atoms with E-state index >= 15 is 0 Å². The van der Waals surface area contributed by atoms with Crippen LogP contribution in [0.4, 0.5) is 10.3 Å². The minimum atomic E-state index is -0.351. The van der Waals surface area contributed by atoms with Crippen molar-refractivity contribution in [2.75, 3.05) is 11.9 Å². The molecule has 0 spiro atoms. The molecule has 0 aliphatic rings. The van der Waals surface area contributed by atoms with Gasteiger partial charge in [0, 0.05) is 31.5 Å². The summed E-state index contributed by atoms with van der Waals surface area (Å²) in [6.45, 7) is 2.80. The van der Waals surface area contributed by atoms with E-state index in [1.807, 2.05) is 18.2 Å². The zero-order chi connectivity index (χ0) is 22.5. The second kappa shape index (κ2) is 9.56. The van der Waals surface area contributed by atoms with Crippen LogP contribution < -0.4 is 10.9 Å². The molecule has 2 aromatic heterocycles. The minimum absolute atomic E-state index is 0.195. The first-order valence-corrected chi connectivity index (χ1v) is 10.6. The number of aromatic nitrogens is 3. The average molecular weight is 429 g/mol. The van der Waals surface area contributed by atoms with Crippen LogP contribution in [0.2, 0.25) is 0 Å². The number of anilines is 1. The molecule has 0 atom stereocenters. The van der Waals surface area contributed by atoms with Gasteiger partial charge in [0.1, 0.15) is 5.82 Å². The van der Waals surface area contributed by atoms with E-state index in [9.17, 15) is 9.18 Å². The SMILES string of the molecule is Cc1ccccc1CCCNc1nc(-c2ccncc2)c(-c2ccc(F)cc2)c(=O)n1C. The number of rotatable bonds is 7. The molecule has 2 aromatic carbocycles. The summed E-state index contributed by atoms with van der Waals surface area (Å²) in [7, 11) is 1.70. The summed E-state index contributed by atoms with van der Waals surface area (Å²) >= 11 is 0. The van der Waals surface area contributed by atoms with Crippen molar-refractivity contribution >= 4 is 5.95 Å². The van der Waals surface area contributed by atoms with Gasteiger partial charge in [0.15, 0.2) is 0 Å². The Morgan fingerprint density at radius 1 is 0.969 bits per heavy atom. The van der Waals surface area contributed by atoms with Gasteiger partial charge in [-0.25, -0.2) is 9.37 Å². The topological polar surface area (TPSA) is 59.8 Å². The van der Waals surface area contributed by atoms with Crippen LogP contribution in [-0.4, -0.2) is 21.1 Å². The normalized spacial score (nSPS) is 10.8. The maximum absolute atomic E-state index is 13.5. The fourth-order valence-corrected chi connectivity index (χ4v) is 3.73. The van der Waals surface area contributed by atoms with Crippen LogP contribution in [0.3, 0.4) is 0 Å². The van der Waals surface area contributed by atoms with Crippen LogP contribution in [0.5, 0.6) is 0 Å². The number of halogens is 1. The molecule has 5 nitrogen and oxygen atoms in total. The molecular formula is C26H25FN4O. The third-order valence-corrected chi connectivity index (χ3v) is 5.54. The number of pyridine rings is 1. The third-order valence-electron chi connectivity index (χ3n) is 5.54. The Kier molecular flexibility index (Phi) is 6.40. The number of aryl methyl sites for hydroxylation is 2. The molecule has 2 heterocycles. The predicted octanol–water partition coefficient (Wildman–Crippen LogP) is 5.00. The Labute approximate surface area is 186 Å². The molecule has 162 valence electrons. The van der Waals surface area contributed by atoms with Gasteiger partial charge < -0.3 is 5.32 Å². The van der Waals surface area contributed by atoms with Crippen LogP contribution in [0.1, 0.15) is 17.5 Å². The van der Waals surface area contributed by atoms with Crippen molar-refractivity contribution in [3.8, 4) is 22.4 Å². The largest absolute Gasteiger partial charge is 0.356 e. The highest BCUT2D eigenvalue weighted by molar-refractivity contribution is 5.80. The highest BCUT2D eigenvalue weighted by Crippen LogP contribution is 2.28. The molecule has 0 aliphatic heterocycles. The number of hydrogen-bond acceptors (Lipinski definition) is 4. The maximum Gasteiger partial charge on any atom is 0.263 e. The monoisotopic (exact) mass is 428 g/mol.